The minimum Gasteiger partial charge on any atom is -0.356 e. The van der Waals surface area contributed by atoms with E-state index in [-0.39, 0.29) is 0 Å². The largest absolute Gasteiger partial charge is 0.433 e. The summed E-state index contributed by atoms with van der Waals surface area (Å²) in [6, 6.07) is 0.985. The second-order valence-corrected chi connectivity index (χ2v) is 3.10. The van der Waals surface area contributed by atoms with Crippen LogP contribution in [0.1, 0.15) is 12.1 Å². The van der Waals surface area contributed by atoms with Crippen molar-refractivity contribution in [2.24, 2.45) is 0 Å². The van der Waals surface area contributed by atoms with Crippen molar-refractivity contribution in [1.82, 2.24) is 9.97 Å². The summed E-state index contributed by atoms with van der Waals surface area (Å²) in [5.74, 6) is 0.360. The number of hydrogen-bond acceptors (Lipinski definition) is 3. The first-order valence-corrected chi connectivity index (χ1v) is 4.21. The molecule has 14 heavy (non-hydrogen) atoms. The molecule has 1 aliphatic heterocycles. The van der Waals surface area contributed by atoms with Crippen molar-refractivity contribution in [2.45, 2.75) is 12.6 Å². The van der Waals surface area contributed by atoms with E-state index < -0.39 is 11.9 Å². The Kier molecular flexibility index (Phi) is 2.05. The van der Waals surface area contributed by atoms with Crippen molar-refractivity contribution in [1.29, 1.82) is 0 Å². The van der Waals surface area contributed by atoms with Crippen LogP contribution in [0, 0.1) is 0 Å². The molecular weight excluding hydrogens is 195 g/mol. The Bertz CT molecular complexity index is 333. The lowest BCUT2D eigenvalue weighted by molar-refractivity contribution is -0.141. The average molecular weight is 203 g/mol. The van der Waals surface area contributed by atoms with Crippen molar-refractivity contribution >= 4 is 5.82 Å². The SMILES string of the molecule is FC(F)(F)c1cc(N2CCC2)ncn1. The van der Waals surface area contributed by atoms with Crippen molar-refractivity contribution in [3.8, 4) is 0 Å². The van der Waals surface area contributed by atoms with Gasteiger partial charge in [0, 0.05) is 19.2 Å². The normalized spacial score (nSPS) is 16.6. The third kappa shape index (κ3) is 1.64. The molecule has 0 aromatic carbocycles. The number of aromatic nitrogens is 2. The van der Waals surface area contributed by atoms with E-state index in [1.54, 1.807) is 4.90 Å². The highest BCUT2D eigenvalue weighted by Crippen LogP contribution is 2.29. The predicted molar refractivity (Wildman–Crippen MR) is 43.9 cm³/mol. The lowest BCUT2D eigenvalue weighted by atomic mass is 10.2. The Morgan fingerprint density at radius 3 is 2.43 bits per heavy atom. The van der Waals surface area contributed by atoms with Crippen molar-refractivity contribution in [3.63, 3.8) is 0 Å². The summed E-state index contributed by atoms with van der Waals surface area (Å²) in [4.78, 5) is 8.77. The van der Waals surface area contributed by atoms with Crippen LogP contribution in [0.3, 0.4) is 0 Å². The zero-order chi connectivity index (χ0) is 10.2. The summed E-state index contributed by atoms with van der Waals surface area (Å²) in [7, 11) is 0. The molecule has 1 aromatic heterocycles. The van der Waals surface area contributed by atoms with Crippen LogP contribution in [0.5, 0.6) is 0 Å². The lowest BCUT2D eigenvalue weighted by Crippen LogP contribution is -2.37. The van der Waals surface area contributed by atoms with E-state index >= 15 is 0 Å². The smallest absolute Gasteiger partial charge is 0.356 e. The molecule has 1 aliphatic rings. The zero-order valence-corrected chi connectivity index (χ0v) is 7.25. The Labute approximate surface area is 78.6 Å². The highest BCUT2D eigenvalue weighted by molar-refractivity contribution is 5.41. The number of hydrogen-bond donors (Lipinski definition) is 0. The number of alkyl halides is 3. The maximum atomic E-state index is 12.2. The Morgan fingerprint density at radius 2 is 1.93 bits per heavy atom. The van der Waals surface area contributed by atoms with Gasteiger partial charge in [-0.05, 0) is 6.42 Å². The first kappa shape index (κ1) is 9.23. The molecule has 0 atom stereocenters. The number of halogens is 3. The van der Waals surface area contributed by atoms with Crippen LogP contribution in [-0.2, 0) is 6.18 Å². The zero-order valence-electron chi connectivity index (χ0n) is 7.25. The summed E-state index contributed by atoms with van der Waals surface area (Å²) in [6.45, 7) is 1.54. The van der Waals surface area contributed by atoms with Crippen LogP contribution in [0.4, 0.5) is 19.0 Å². The van der Waals surface area contributed by atoms with Crippen molar-refractivity contribution in [3.05, 3.63) is 18.1 Å². The number of rotatable bonds is 1. The molecule has 76 valence electrons. The van der Waals surface area contributed by atoms with E-state index in [9.17, 15) is 13.2 Å². The molecule has 2 heterocycles. The molecule has 0 unspecified atom stereocenters. The molecule has 6 heteroatoms. The Hall–Kier alpha value is -1.33. The summed E-state index contributed by atoms with van der Waals surface area (Å²) in [5.41, 5.74) is -0.880. The van der Waals surface area contributed by atoms with Gasteiger partial charge in [-0.2, -0.15) is 13.2 Å². The fourth-order valence-electron chi connectivity index (χ4n) is 1.22. The second kappa shape index (κ2) is 3.11. The monoisotopic (exact) mass is 203 g/mol. The van der Waals surface area contributed by atoms with Gasteiger partial charge in [-0.1, -0.05) is 0 Å². The molecule has 0 N–H and O–H groups in total. The Morgan fingerprint density at radius 1 is 1.21 bits per heavy atom. The predicted octanol–water partition coefficient (Wildman–Crippen LogP) is 1.71. The van der Waals surface area contributed by atoms with Crippen molar-refractivity contribution < 1.29 is 13.2 Å². The topological polar surface area (TPSA) is 29.0 Å². The van der Waals surface area contributed by atoms with Crippen molar-refractivity contribution in [2.75, 3.05) is 18.0 Å². The van der Waals surface area contributed by atoms with Gasteiger partial charge in [0.25, 0.3) is 0 Å². The fraction of sp³-hybridized carbons (Fsp3) is 0.500. The molecule has 1 fully saturated rings. The standard InChI is InChI=1S/C8H8F3N3/c9-8(10,11)6-4-7(13-5-12-6)14-2-1-3-14/h4-5H,1-3H2. The fourth-order valence-corrected chi connectivity index (χ4v) is 1.22. The second-order valence-electron chi connectivity index (χ2n) is 3.10. The van der Waals surface area contributed by atoms with Gasteiger partial charge >= 0.3 is 6.18 Å². The highest BCUT2D eigenvalue weighted by Gasteiger charge is 2.33. The highest BCUT2D eigenvalue weighted by atomic mass is 19.4. The van der Waals surface area contributed by atoms with E-state index in [4.69, 9.17) is 0 Å². The van der Waals surface area contributed by atoms with Gasteiger partial charge in [-0.25, -0.2) is 9.97 Å². The van der Waals surface area contributed by atoms with E-state index in [1.807, 2.05) is 0 Å². The molecule has 0 amide bonds. The van der Waals surface area contributed by atoms with Crippen LogP contribution < -0.4 is 4.90 Å². The van der Waals surface area contributed by atoms with Gasteiger partial charge in [0.05, 0.1) is 0 Å². The summed E-state index contributed by atoms with van der Waals surface area (Å²) < 4.78 is 36.7. The van der Waals surface area contributed by atoms with E-state index in [2.05, 4.69) is 9.97 Å². The van der Waals surface area contributed by atoms with Gasteiger partial charge in [0.1, 0.15) is 17.8 Å². The van der Waals surface area contributed by atoms with E-state index in [1.165, 1.54) is 0 Å². The van der Waals surface area contributed by atoms with Gasteiger partial charge in [0.2, 0.25) is 0 Å². The van der Waals surface area contributed by atoms with Crippen LogP contribution in [-0.4, -0.2) is 23.1 Å². The van der Waals surface area contributed by atoms with Gasteiger partial charge < -0.3 is 4.90 Å². The van der Waals surface area contributed by atoms with Crippen LogP contribution in [0.15, 0.2) is 12.4 Å². The molecule has 3 nitrogen and oxygen atoms in total. The van der Waals surface area contributed by atoms with Crippen LogP contribution in [0.25, 0.3) is 0 Å². The summed E-state index contributed by atoms with van der Waals surface area (Å²) >= 11 is 0. The Balaban J connectivity index is 2.26. The molecule has 1 saturated heterocycles. The van der Waals surface area contributed by atoms with Gasteiger partial charge in [0.15, 0.2) is 0 Å². The molecular formula is C8H8F3N3. The van der Waals surface area contributed by atoms with Crippen LogP contribution >= 0.6 is 0 Å². The number of nitrogens with zero attached hydrogens (tertiary/aromatic N) is 3. The summed E-state index contributed by atoms with van der Waals surface area (Å²) in [5, 5.41) is 0. The third-order valence-electron chi connectivity index (χ3n) is 2.12. The molecule has 2 rings (SSSR count). The maximum Gasteiger partial charge on any atom is 0.433 e. The van der Waals surface area contributed by atoms with Gasteiger partial charge in [-0.15, -0.1) is 0 Å². The lowest BCUT2D eigenvalue weighted by Gasteiger charge is -2.31. The molecule has 1 aromatic rings. The minimum atomic E-state index is -4.39. The third-order valence-corrected chi connectivity index (χ3v) is 2.12. The molecule has 0 radical (unpaired) electrons. The quantitative estimate of drug-likeness (QED) is 0.695. The molecule has 0 aliphatic carbocycles. The van der Waals surface area contributed by atoms with E-state index in [0.717, 1.165) is 31.9 Å². The molecule has 0 spiro atoms. The summed E-state index contributed by atoms with van der Waals surface area (Å²) in [6.07, 6.45) is -2.43. The number of anilines is 1. The van der Waals surface area contributed by atoms with Gasteiger partial charge in [-0.3, -0.25) is 0 Å². The molecule has 0 bridgehead atoms. The van der Waals surface area contributed by atoms with Crippen LogP contribution in [0.2, 0.25) is 0 Å². The first-order chi connectivity index (χ1) is 6.57. The molecule has 0 saturated carbocycles. The average Bonchev–Trinajstić information content (AvgIpc) is 2.00. The maximum absolute atomic E-state index is 12.2. The minimum absolute atomic E-state index is 0.360. The first-order valence-electron chi connectivity index (χ1n) is 4.21. The van der Waals surface area contributed by atoms with E-state index in [0.29, 0.717) is 5.82 Å².